The molecule has 2 aliphatic heterocycles. The Morgan fingerprint density at radius 1 is 1.21 bits per heavy atom. The quantitative estimate of drug-likeness (QED) is 0.603. The van der Waals surface area contributed by atoms with E-state index < -0.39 is 0 Å². The lowest BCUT2D eigenvalue weighted by molar-refractivity contribution is -0.109. The second kappa shape index (κ2) is 4.14. The summed E-state index contributed by atoms with van der Waals surface area (Å²) in [6, 6.07) is 0. The molecule has 2 saturated heterocycles. The van der Waals surface area contributed by atoms with Crippen molar-refractivity contribution in [3.8, 4) is 0 Å². The highest BCUT2D eigenvalue weighted by Gasteiger charge is 2.35. The van der Waals surface area contributed by atoms with Gasteiger partial charge in [-0.2, -0.15) is 0 Å². The largest absolute Gasteiger partial charge is 0.366 e. The molecule has 4 nitrogen and oxygen atoms in total. The van der Waals surface area contributed by atoms with Crippen molar-refractivity contribution < 1.29 is 9.47 Å². The first-order valence-electron chi connectivity index (χ1n) is 5.29. The van der Waals surface area contributed by atoms with E-state index in [1.54, 1.807) is 0 Å². The SMILES string of the molecule is CC1CN(C)C(C2COCN(C)C2)O1. The Balaban J connectivity index is 1.93. The van der Waals surface area contributed by atoms with Gasteiger partial charge in [0, 0.05) is 19.0 Å². The van der Waals surface area contributed by atoms with Crippen molar-refractivity contribution in [2.75, 3.05) is 40.5 Å². The molecular weight excluding hydrogens is 180 g/mol. The van der Waals surface area contributed by atoms with Crippen LogP contribution in [0.5, 0.6) is 0 Å². The van der Waals surface area contributed by atoms with Gasteiger partial charge in [0.25, 0.3) is 0 Å². The van der Waals surface area contributed by atoms with E-state index in [0.29, 0.717) is 12.0 Å². The molecule has 0 aromatic rings. The molecule has 0 saturated carbocycles. The topological polar surface area (TPSA) is 24.9 Å². The molecule has 2 fully saturated rings. The van der Waals surface area contributed by atoms with Gasteiger partial charge in [0.05, 0.1) is 19.4 Å². The zero-order valence-corrected chi connectivity index (χ0v) is 9.27. The molecule has 3 atom stereocenters. The Hall–Kier alpha value is -0.160. The van der Waals surface area contributed by atoms with Crippen LogP contribution in [0.3, 0.4) is 0 Å². The van der Waals surface area contributed by atoms with Crippen molar-refractivity contribution in [3.05, 3.63) is 0 Å². The molecule has 2 rings (SSSR count). The predicted molar refractivity (Wildman–Crippen MR) is 53.9 cm³/mol. The monoisotopic (exact) mass is 200 g/mol. The van der Waals surface area contributed by atoms with Crippen LogP contribution in [0.25, 0.3) is 0 Å². The van der Waals surface area contributed by atoms with E-state index in [2.05, 4.69) is 30.8 Å². The molecular formula is C10H20N2O2. The van der Waals surface area contributed by atoms with Gasteiger partial charge in [0.15, 0.2) is 0 Å². The smallest absolute Gasteiger partial charge is 0.117 e. The normalized spacial score (nSPS) is 41.8. The Labute approximate surface area is 85.8 Å². The average molecular weight is 200 g/mol. The highest BCUT2D eigenvalue weighted by atomic mass is 16.5. The fourth-order valence-electron chi connectivity index (χ4n) is 2.40. The number of hydrogen-bond acceptors (Lipinski definition) is 4. The summed E-state index contributed by atoms with van der Waals surface area (Å²) in [5.74, 6) is 0.490. The third-order valence-corrected chi connectivity index (χ3v) is 2.94. The van der Waals surface area contributed by atoms with Crippen molar-refractivity contribution in [2.24, 2.45) is 5.92 Å². The minimum Gasteiger partial charge on any atom is -0.366 e. The van der Waals surface area contributed by atoms with E-state index in [1.165, 1.54) is 0 Å². The molecule has 2 heterocycles. The van der Waals surface area contributed by atoms with Crippen molar-refractivity contribution in [3.63, 3.8) is 0 Å². The minimum atomic E-state index is 0.243. The standard InChI is InChI=1S/C10H20N2O2/c1-8-4-12(3)10(14-8)9-5-11(2)7-13-6-9/h8-10H,4-7H2,1-3H3. The number of ether oxygens (including phenoxy) is 2. The van der Waals surface area contributed by atoms with Crippen LogP contribution >= 0.6 is 0 Å². The van der Waals surface area contributed by atoms with Crippen molar-refractivity contribution >= 4 is 0 Å². The van der Waals surface area contributed by atoms with Gasteiger partial charge in [-0.05, 0) is 21.0 Å². The van der Waals surface area contributed by atoms with Gasteiger partial charge in [-0.1, -0.05) is 0 Å². The fraction of sp³-hybridized carbons (Fsp3) is 1.00. The van der Waals surface area contributed by atoms with E-state index in [1.807, 2.05) is 0 Å². The molecule has 0 radical (unpaired) electrons. The maximum Gasteiger partial charge on any atom is 0.117 e. The summed E-state index contributed by atoms with van der Waals surface area (Å²) < 4.78 is 11.4. The molecule has 82 valence electrons. The van der Waals surface area contributed by atoms with Gasteiger partial charge >= 0.3 is 0 Å². The number of rotatable bonds is 1. The van der Waals surface area contributed by atoms with Crippen molar-refractivity contribution in [2.45, 2.75) is 19.3 Å². The van der Waals surface area contributed by atoms with Gasteiger partial charge in [0.2, 0.25) is 0 Å². The molecule has 2 aliphatic rings. The van der Waals surface area contributed by atoms with Gasteiger partial charge in [-0.25, -0.2) is 0 Å². The molecule has 4 heteroatoms. The van der Waals surface area contributed by atoms with E-state index in [9.17, 15) is 0 Å². The molecule has 0 aromatic carbocycles. The number of likely N-dealkylation sites (N-methyl/N-ethyl adjacent to an activating group) is 1. The second-order valence-corrected chi connectivity index (χ2v) is 4.58. The first kappa shape index (κ1) is 10.4. The molecule has 0 aliphatic carbocycles. The maximum absolute atomic E-state index is 5.88. The Morgan fingerprint density at radius 3 is 2.57 bits per heavy atom. The molecule has 0 amide bonds. The minimum absolute atomic E-state index is 0.243. The van der Waals surface area contributed by atoms with Gasteiger partial charge in [-0.15, -0.1) is 0 Å². The number of hydrogen-bond donors (Lipinski definition) is 0. The van der Waals surface area contributed by atoms with Crippen LogP contribution in [0.2, 0.25) is 0 Å². The predicted octanol–water partition coefficient (Wildman–Crippen LogP) is 0.199. The second-order valence-electron chi connectivity index (χ2n) is 4.58. The van der Waals surface area contributed by atoms with E-state index in [0.717, 1.165) is 26.4 Å². The van der Waals surface area contributed by atoms with Crippen LogP contribution in [0.1, 0.15) is 6.92 Å². The summed E-state index contributed by atoms with van der Waals surface area (Å²) in [4.78, 5) is 4.49. The van der Waals surface area contributed by atoms with Crippen LogP contribution in [0, 0.1) is 5.92 Å². The molecule has 0 bridgehead atoms. The lowest BCUT2D eigenvalue weighted by Crippen LogP contribution is -2.46. The van der Waals surface area contributed by atoms with Gasteiger partial charge in [0.1, 0.15) is 6.23 Å². The maximum atomic E-state index is 5.88. The first-order chi connectivity index (χ1) is 6.66. The Morgan fingerprint density at radius 2 is 2.00 bits per heavy atom. The Bertz CT molecular complexity index is 201. The molecule has 14 heavy (non-hydrogen) atoms. The number of nitrogens with zero attached hydrogens (tertiary/aromatic N) is 2. The highest BCUT2D eigenvalue weighted by molar-refractivity contribution is 4.81. The molecule has 0 spiro atoms. The summed E-state index contributed by atoms with van der Waals surface area (Å²) in [5.41, 5.74) is 0. The van der Waals surface area contributed by atoms with Crippen LogP contribution < -0.4 is 0 Å². The van der Waals surface area contributed by atoms with Crippen molar-refractivity contribution in [1.29, 1.82) is 0 Å². The van der Waals surface area contributed by atoms with Crippen LogP contribution in [0.4, 0.5) is 0 Å². The summed E-state index contributed by atoms with van der Waals surface area (Å²) in [5, 5.41) is 0. The van der Waals surface area contributed by atoms with Crippen molar-refractivity contribution in [1.82, 2.24) is 9.80 Å². The summed E-state index contributed by atoms with van der Waals surface area (Å²) in [7, 11) is 4.22. The zero-order chi connectivity index (χ0) is 10.1. The lowest BCUT2D eigenvalue weighted by atomic mass is 10.1. The van der Waals surface area contributed by atoms with Gasteiger partial charge < -0.3 is 9.47 Å². The summed E-state index contributed by atoms with van der Waals surface area (Å²) >= 11 is 0. The average Bonchev–Trinajstić information content (AvgIpc) is 2.45. The third kappa shape index (κ3) is 2.08. The van der Waals surface area contributed by atoms with E-state index in [-0.39, 0.29) is 6.23 Å². The fourth-order valence-corrected chi connectivity index (χ4v) is 2.40. The zero-order valence-electron chi connectivity index (χ0n) is 9.27. The van der Waals surface area contributed by atoms with Crippen LogP contribution in [-0.4, -0.2) is 62.7 Å². The first-order valence-corrected chi connectivity index (χ1v) is 5.29. The van der Waals surface area contributed by atoms with Crippen LogP contribution in [0.15, 0.2) is 0 Å². The third-order valence-electron chi connectivity index (χ3n) is 2.94. The van der Waals surface area contributed by atoms with E-state index >= 15 is 0 Å². The van der Waals surface area contributed by atoms with Gasteiger partial charge in [-0.3, -0.25) is 9.80 Å². The highest BCUT2D eigenvalue weighted by Crippen LogP contribution is 2.23. The van der Waals surface area contributed by atoms with Crippen LogP contribution in [-0.2, 0) is 9.47 Å². The Kier molecular flexibility index (Phi) is 3.07. The molecule has 0 aromatic heterocycles. The van der Waals surface area contributed by atoms with E-state index in [4.69, 9.17) is 9.47 Å². The molecule has 0 N–H and O–H groups in total. The molecule has 3 unspecified atom stereocenters. The summed E-state index contributed by atoms with van der Waals surface area (Å²) in [6.07, 6.45) is 0.602. The summed E-state index contributed by atoms with van der Waals surface area (Å²) in [6.45, 7) is 5.81. The lowest BCUT2D eigenvalue weighted by Gasteiger charge is -2.35.